The molecule has 0 aromatic rings. The molecule has 6 heteroatoms. The van der Waals surface area contributed by atoms with Crippen molar-refractivity contribution in [1.82, 2.24) is 0 Å². The topological polar surface area (TPSA) is 63.4 Å². The van der Waals surface area contributed by atoms with Crippen molar-refractivity contribution in [2.24, 2.45) is 0 Å². The molecule has 0 atom stereocenters. The molecule has 0 aliphatic carbocycles. The van der Waals surface area contributed by atoms with Gasteiger partial charge in [0.2, 0.25) is 0 Å². The summed E-state index contributed by atoms with van der Waals surface area (Å²) in [5, 5.41) is 13.6. The molecule has 0 saturated carbocycles. The Kier molecular flexibility index (Phi) is 24.3. The van der Waals surface area contributed by atoms with E-state index in [1.807, 2.05) is 0 Å². The number of rotatable bonds is 0. The van der Waals surface area contributed by atoms with Crippen LogP contribution in [0, 0.1) is 10.1 Å². The van der Waals surface area contributed by atoms with E-state index in [1.54, 1.807) is 0 Å². The first-order valence-electron chi connectivity index (χ1n) is 0.565. The number of nitrogens with zero attached hydrogens (tertiary/aromatic N) is 1. The van der Waals surface area contributed by atoms with Crippen LogP contribution >= 0.6 is 0 Å². The van der Waals surface area contributed by atoms with Gasteiger partial charge in [0.25, 0.3) is 5.09 Å². The van der Waals surface area contributed by atoms with Gasteiger partial charge in [-0.05, 0) is 0 Å². The Bertz CT molecular complexity index is 31.8. The van der Waals surface area contributed by atoms with Crippen molar-refractivity contribution in [3.05, 3.63) is 10.1 Å². The molecule has 0 radical (unpaired) electrons. The van der Waals surface area contributed by atoms with E-state index >= 15 is 0 Å². The SMILES string of the molecule is O=[N+]([O-])O.[Pd].[Pd]. The molecule has 0 fully saturated rings. The van der Waals surface area contributed by atoms with Gasteiger partial charge in [-0.1, -0.05) is 0 Å². The summed E-state index contributed by atoms with van der Waals surface area (Å²) in [4.78, 5) is 8.36. The van der Waals surface area contributed by atoms with Gasteiger partial charge < -0.3 is 5.21 Å². The van der Waals surface area contributed by atoms with E-state index in [0.29, 0.717) is 0 Å². The quantitative estimate of drug-likeness (QED) is 0.373. The Morgan fingerprint density at radius 2 is 1.50 bits per heavy atom. The summed E-state index contributed by atoms with van der Waals surface area (Å²) in [7, 11) is 0. The third kappa shape index (κ3) is 204. The second-order valence-electron chi connectivity index (χ2n) is 0.238. The molecule has 0 rings (SSSR count). The third-order valence-electron chi connectivity index (χ3n) is 0. The minimum atomic E-state index is -1.50. The maximum absolute atomic E-state index is 8.36. The molecule has 0 saturated heterocycles. The van der Waals surface area contributed by atoms with Gasteiger partial charge in [-0.2, -0.15) is 0 Å². The zero-order valence-corrected chi connectivity index (χ0v) is 5.45. The fourth-order valence-corrected chi connectivity index (χ4v) is 0. The first-order chi connectivity index (χ1) is 1.73. The van der Waals surface area contributed by atoms with Crippen LogP contribution in [0.25, 0.3) is 0 Å². The minimum Gasteiger partial charge on any atom is -0.328 e. The largest absolute Gasteiger partial charge is 0.328 e. The van der Waals surface area contributed by atoms with Crippen LogP contribution in [0.15, 0.2) is 0 Å². The first kappa shape index (κ1) is 16.0. The average Bonchev–Trinajstić information content (AvgIpc) is 0.811. The molecule has 0 aliphatic rings. The van der Waals surface area contributed by atoms with Gasteiger partial charge in [0.1, 0.15) is 0 Å². The summed E-state index contributed by atoms with van der Waals surface area (Å²) in [5.74, 6) is 0. The molecule has 0 amide bonds. The second-order valence-corrected chi connectivity index (χ2v) is 0.238. The summed E-state index contributed by atoms with van der Waals surface area (Å²) in [5.41, 5.74) is 0. The van der Waals surface area contributed by atoms with Crippen molar-refractivity contribution in [3.8, 4) is 0 Å². The van der Waals surface area contributed by atoms with Gasteiger partial charge in [0.05, 0.1) is 0 Å². The standard InChI is InChI=1S/HNO3.2Pd/c2-1(3)4;;/h(H,2,3,4);;. The minimum absolute atomic E-state index is 0. The van der Waals surface area contributed by atoms with Gasteiger partial charge in [-0.25, -0.2) is 0 Å². The average molecular weight is 276 g/mol. The zero-order valence-electron chi connectivity index (χ0n) is 2.34. The molecule has 0 heterocycles. The van der Waals surface area contributed by atoms with Crippen LogP contribution in [0.2, 0.25) is 0 Å². The Balaban J connectivity index is -0.0000000450. The summed E-state index contributed by atoms with van der Waals surface area (Å²) in [6.45, 7) is 0. The third-order valence-corrected chi connectivity index (χ3v) is 0. The van der Waals surface area contributed by atoms with Gasteiger partial charge in [-0.3, -0.25) is 0 Å². The van der Waals surface area contributed by atoms with Crippen LogP contribution in [0.1, 0.15) is 0 Å². The first-order valence-corrected chi connectivity index (χ1v) is 0.565. The van der Waals surface area contributed by atoms with E-state index in [1.165, 1.54) is 0 Å². The fourth-order valence-electron chi connectivity index (χ4n) is 0. The monoisotopic (exact) mass is 275 g/mol. The molecule has 4 nitrogen and oxygen atoms in total. The van der Waals surface area contributed by atoms with Gasteiger partial charge in [0, 0.05) is 40.8 Å². The van der Waals surface area contributed by atoms with Crippen molar-refractivity contribution >= 4 is 0 Å². The molecule has 6 heavy (non-hydrogen) atoms. The van der Waals surface area contributed by atoms with Crippen LogP contribution in [0.5, 0.6) is 0 Å². The van der Waals surface area contributed by atoms with Crippen LogP contribution in [0.4, 0.5) is 0 Å². The van der Waals surface area contributed by atoms with Crippen molar-refractivity contribution in [1.29, 1.82) is 0 Å². The smallest absolute Gasteiger partial charge is 0.291 e. The Labute approximate surface area is 61.3 Å². The van der Waals surface area contributed by atoms with Crippen LogP contribution in [-0.2, 0) is 40.8 Å². The zero-order chi connectivity index (χ0) is 3.58. The van der Waals surface area contributed by atoms with E-state index in [-0.39, 0.29) is 40.8 Å². The van der Waals surface area contributed by atoms with E-state index in [9.17, 15) is 0 Å². The summed E-state index contributed by atoms with van der Waals surface area (Å²) < 4.78 is 0. The molecule has 0 aromatic heterocycles. The van der Waals surface area contributed by atoms with Crippen molar-refractivity contribution < 1.29 is 51.1 Å². The molecule has 0 unspecified atom stereocenters. The Morgan fingerprint density at radius 3 is 1.50 bits per heavy atom. The van der Waals surface area contributed by atoms with Gasteiger partial charge >= 0.3 is 0 Å². The summed E-state index contributed by atoms with van der Waals surface area (Å²) >= 11 is 0. The molecule has 0 spiro atoms. The maximum Gasteiger partial charge on any atom is 0.291 e. The maximum atomic E-state index is 8.36. The van der Waals surface area contributed by atoms with E-state index in [0.717, 1.165) is 0 Å². The molecule has 0 aromatic carbocycles. The molecule has 0 bridgehead atoms. The van der Waals surface area contributed by atoms with Gasteiger partial charge in [-0.15, -0.1) is 10.1 Å². The summed E-state index contributed by atoms with van der Waals surface area (Å²) in [6.07, 6.45) is 0. The van der Waals surface area contributed by atoms with Gasteiger partial charge in [0.15, 0.2) is 0 Å². The molecule has 44 valence electrons. The normalized spacial score (nSPS) is 4.00. The molecule has 1 N–H and O–H groups in total. The Morgan fingerprint density at radius 1 is 1.50 bits per heavy atom. The predicted molar refractivity (Wildman–Crippen MR) is 8.78 cm³/mol. The van der Waals surface area contributed by atoms with E-state index in [2.05, 4.69) is 0 Å². The molecule has 0 aliphatic heterocycles. The van der Waals surface area contributed by atoms with Crippen LogP contribution in [0.3, 0.4) is 0 Å². The van der Waals surface area contributed by atoms with Crippen molar-refractivity contribution in [3.63, 3.8) is 0 Å². The van der Waals surface area contributed by atoms with Crippen molar-refractivity contribution in [2.75, 3.05) is 0 Å². The van der Waals surface area contributed by atoms with E-state index in [4.69, 9.17) is 15.3 Å². The van der Waals surface area contributed by atoms with Crippen LogP contribution in [-0.4, -0.2) is 10.3 Å². The number of hydrogen-bond acceptors (Lipinski definition) is 2. The van der Waals surface area contributed by atoms with Crippen molar-refractivity contribution in [2.45, 2.75) is 0 Å². The fraction of sp³-hybridized carbons (Fsp3) is 0. The van der Waals surface area contributed by atoms with E-state index < -0.39 is 5.09 Å². The molecular weight excluding hydrogens is 275 g/mol. The Hall–Kier alpha value is 0.525. The number of hydrogen-bond donors (Lipinski definition) is 1. The summed E-state index contributed by atoms with van der Waals surface area (Å²) in [6, 6.07) is 0. The predicted octanol–water partition coefficient (Wildman–Crippen LogP) is -0.353. The second kappa shape index (κ2) is 9.10. The van der Waals surface area contributed by atoms with Crippen LogP contribution < -0.4 is 0 Å². The molecular formula is HNO3Pd2.